The first-order valence-electron chi connectivity index (χ1n) is 14.3. The number of nitriles is 1. The zero-order valence-electron chi connectivity index (χ0n) is 23.6. The molecule has 0 bridgehead atoms. The summed E-state index contributed by atoms with van der Waals surface area (Å²) in [5, 5.41) is 9.40. The highest BCUT2D eigenvalue weighted by atomic mass is 19.4. The third-order valence-electron chi connectivity index (χ3n) is 8.40. The number of nitrogens with one attached hydrogen (secondary N) is 2. The Morgan fingerprint density at radius 3 is 2.64 bits per heavy atom. The molecule has 1 aromatic heterocycles. The number of ether oxygens (including phenoxy) is 1. The predicted octanol–water partition coefficient (Wildman–Crippen LogP) is 3.03. The van der Waals surface area contributed by atoms with Crippen LogP contribution in [0.3, 0.4) is 0 Å². The number of pyridine rings is 1. The Hall–Kier alpha value is -4.67. The van der Waals surface area contributed by atoms with Gasteiger partial charge >= 0.3 is 6.18 Å². The normalized spacial score (nSPS) is 22.2. The molecule has 2 aromatic carbocycles. The van der Waals surface area contributed by atoms with Gasteiger partial charge in [0, 0.05) is 57.1 Å². The zero-order valence-corrected chi connectivity index (χ0v) is 23.6. The van der Waals surface area contributed by atoms with Crippen molar-refractivity contribution < 1.29 is 27.5 Å². The Kier molecular flexibility index (Phi) is 8.11. The Bertz CT molecular complexity index is 1590. The first-order valence-corrected chi connectivity index (χ1v) is 14.3. The number of amides is 2. The molecule has 3 aliphatic heterocycles. The van der Waals surface area contributed by atoms with Gasteiger partial charge in [0.2, 0.25) is 5.91 Å². The second kappa shape index (κ2) is 12.1. The maximum absolute atomic E-state index is 14.0. The van der Waals surface area contributed by atoms with Gasteiger partial charge in [-0.2, -0.15) is 18.4 Å². The van der Waals surface area contributed by atoms with Gasteiger partial charge in [0.15, 0.2) is 5.92 Å². The van der Waals surface area contributed by atoms with Crippen LogP contribution in [0.5, 0.6) is 5.75 Å². The van der Waals surface area contributed by atoms with Crippen molar-refractivity contribution in [3.63, 3.8) is 0 Å². The molecule has 3 aromatic rings. The monoisotopic (exact) mass is 605 g/mol. The molecule has 2 N–H and O–H groups in total. The summed E-state index contributed by atoms with van der Waals surface area (Å²) in [6.07, 6.45) is -3.08. The molecule has 2 saturated heterocycles. The molecule has 2 amide bonds. The molecule has 0 aliphatic carbocycles. The van der Waals surface area contributed by atoms with Crippen molar-refractivity contribution in [3.05, 3.63) is 89.1 Å². The van der Waals surface area contributed by atoms with Crippen LogP contribution in [0.1, 0.15) is 33.1 Å². The van der Waals surface area contributed by atoms with Crippen LogP contribution in [-0.4, -0.2) is 78.1 Å². The number of fused-ring (bicyclic) bond motifs is 1. The summed E-state index contributed by atoms with van der Waals surface area (Å²) in [4.78, 5) is 35.4. The minimum atomic E-state index is -4.72. The number of hydrogen-bond donors (Lipinski definition) is 2. The van der Waals surface area contributed by atoms with E-state index in [-0.39, 0.29) is 25.6 Å². The van der Waals surface area contributed by atoms with E-state index >= 15 is 0 Å². The molecule has 6 rings (SSSR count). The van der Waals surface area contributed by atoms with Crippen LogP contribution < -0.4 is 20.5 Å². The Balaban J connectivity index is 1.15. The fourth-order valence-corrected chi connectivity index (χ4v) is 6.25. The van der Waals surface area contributed by atoms with Gasteiger partial charge in [-0.3, -0.25) is 19.9 Å². The van der Waals surface area contributed by atoms with Crippen molar-refractivity contribution in [2.75, 3.05) is 44.2 Å². The van der Waals surface area contributed by atoms with Crippen molar-refractivity contribution in [1.82, 2.24) is 25.6 Å². The minimum Gasteiger partial charge on any atom is -0.492 e. The number of halogens is 3. The number of nitrogens with zero attached hydrogens (tertiary/aromatic N) is 5. The molecule has 0 saturated carbocycles. The first-order chi connectivity index (χ1) is 21.2. The summed E-state index contributed by atoms with van der Waals surface area (Å²) in [7, 11) is 0. The summed E-state index contributed by atoms with van der Waals surface area (Å²) in [6, 6.07) is 18.1. The summed E-state index contributed by atoms with van der Waals surface area (Å²) in [5.74, 6) is -2.45. The van der Waals surface area contributed by atoms with Crippen LogP contribution >= 0.6 is 0 Å². The number of rotatable bonds is 6. The average molecular weight is 606 g/mol. The Labute approximate surface area is 252 Å². The van der Waals surface area contributed by atoms with Gasteiger partial charge in [-0.15, -0.1) is 0 Å². The van der Waals surface area contributed by atoms with E-state index in [1.165, 1.54) is 0 Å². The number of carbonyl (C=O) groups excluding carboxylic acids is 2. The fourth-order valence-electron chi connectivity index (χ4n) is 6.25. The summed E-state index contributed by atoms with van der Waals surface area (Å²) < 4.78 is 48.2. The van der Waals surface area contributed by atoms with Gasteiger partial charge in [0.25, 0.3) is 5.91 Å². The topological polar surface area (TPSA) is 114 Å². The van der Waals surface area contributed by atoms with Crippen LogP contribution in [0, 0.1) is 17.2 Å². The van der Waals surface area contributed by atoms with Gasteiger partial charge < -0.3 is 14.5 Å². The van der Waals surface area contributed by atoms with Gasteiger partial charge in [0.1, 0.15) is 24.2 Å². The molecule has 0 radical (unpaired) electrons. The number of carbonyl (C=O) groups is 2. The lowest BCUT2D eigenvalue weighted by atomic mass is 9.94. The van der Waals surface area contributed by atoms with E-state index < -0.39 is 30.1 Å². The molecule has 4 heterocycles. The molecule has 3 atom stereocenters. The number of hydrogen-bond acceptors (Lipinski definition) is 8. The van der Waals surface area contributed by atoms with Crippen LogP contribution in [0.2, 0.25) is 0 Å². The highest BCUT2D eigenvalue weighted by Crippen LogP contribution is 2.41. The molecule has 44 heavy (non-hydrogen) atoms. The Morgan fingerprint density at radius 2 is 1.86 bits per heavy atom. The molecule has 2 unspecified atom stereocenters. The van der Waals surface area contributed by atoms with Crippen LogP contribution in [-0.2, 0) is 11.3 Å². The predicted molar refractivity (Wildman–Crippen MR) is 153 cm³/mol. The molecule has 228 valence electrons. The van der Waals surface area contributed by atoms with Crippen LogP contribution in [0.4, 0.5) is 19.0 Å². The van der Waals surface area contributed by atoms with Crippen molar-refractivity contribution in [2.24, 2.45) is 5.92 Å². The van der Waals surface area contributed by atoms with Crippen molar-refractivity contribution >= 4 is 17.6 Å². The number of aromatic nitrogens is 1. The van der Waals surface area contributed by atoms with E-state index in [0.717, 1.165) is 11.1 Å². The quantitative estimate of drug-likeness (QED) is 0.441. The molecule has 2 fully saturated rings. The van der Waals surface area contributed by atoms with Crippen LogP contribution in [0.15, 0.2) is 66.9 Å². The Morgan fingerprint density at radius 1 is 1.07 bits per heavy atom. The summed E-state index contributed by atoms with van der Waals surface area (Å²) >= 11 is 0. The van der Waals surface area contributed by atoms with E-state index in [1.54, 1.807) is 52.4 Å². The van der Waals surface area contributed by atoms with Gasteiger partial charge in [-0.05, 0) is 41.5 Å². The zero-order chi connectivity index (χ0) is 30.8. The van der Waals surface area contributed by atoms with E-state index in [0.29, 0.717) is 48.9 Å². The number of anilines is 1. The van der Waals surface area contributed by atoms with Crippen molar-refractivity contribution in [3.8, 4) is 11.8 Å². The lowest BCUT2D eigenvalue weighted by molar-refractivity contribution is -0.202. The van der Waals surface area contributed by atoms with E-state index in [2.05, 4.69) is 21.9 Å². The number of benzene rings is 2. The lowest BCUT2D eigenvalue weighted by Gasteiger charge is -2.40. The SMILES string of the molecule is N#Cc1cccnc1N1CCN(C(=O)c2cccc(OC[C@@H]3c4ccccc4CN3C3CNNC(=O)C3C(F)(F)F)c2)CC1. The van der Waals surface area contributed by atoms with Crippen molar-refractivity contribution in [1.29, 1.82) is 5.26 Å². The molecular formula is C31H30F3N7O3. The number of hydrazine groups is 1. The number of alkyl halides is 3. The van der Waals surface area contributed by atoms with E-state index in [4.69, 9.17) is 4.74 Å². The summed E-state index contributed by atoms with van der Waals surface area (Å²) in [6.45, 7) is 2.15. The van der Waals surface area contributed by atoms with Gasteiger partial charge in [0.05, 0.1) is 11.6 Å². The van der Waals surface area contributed by atoms with Gasteiger partial charge in [-0.1, -0.05) is 30.3 Å². The standard InChI is InChI=1S/C31H30F3N7O3/c32-31(33,34)27-25(17-37-38-29(27)42)41-18-22-5-1-2-9-24(22)26(41)19-44-23-8-3-6-20(15-23)30(43)40-13-11-39(12-14-40)28-21(16-35)7-4-10-36-28/h1-10,15,25-27,37H,11-14,17-19H2,(H,38,42)/t25?,26-,27?/m1/s1. The van der Waals surface area contributed by atoms with Crippen molar-refractivity contribution in [2.45, 2.75) is 24.8 Å². The van der Waals surface area contributed by atoms with E-state index in [1.807, 2.05) is 29.2 Å². The van der Waals surface area contributed by atoms with Gasteiger partial charge in [-0.25, -0.2) is 10.4 Å². The third-order valence-corrected chi connectivity index (χ3v) is 8.40. The molecule has 0 spiro atoms. The maximum atomic E-state index is 14.0. The maximum Gasteiger partial charge on any atom is 0.402 e. The molecular weight excluding hydrogens is 575 g/mol. The molecule has 13 heteroatoms. The second-order valence-corrected chi connectivity index (χ2v) is 10.9. The van der Waals surface area contributed by atoms with Crippen LogP contribution in [0.25, 0.3) is 0 Å². The second-order valence-electron chi connectivity index (χ2n) is 10.9. The minimum absolute atomic E-state index is 0.0291. The fraction of sp³-hybridized carbons (Fsp3) is 0.355. The van der Waals surface area contributed by atoms with E-state index in [9.17, 15) is 28.0 Å². The largest absolute Gasteiger partial charge is 0.492 e. The summed E-state index contributed by atoms with van der Waals surface area (Å²) in [5.41, 5.74) is 7.37. The first kappa shape index (κ1) is 29.4. The molecule has 3 aliphatic rings. The lowest BCUT2D eigenvalue weighted by Crippen LogP contribution is -2.64. The third kappa shape index (κ3) is 5.78. The highest BCUT2D eigenvalue weighted by molar-refractivity contribution is 5.94. The highest BCUT2D eigenvalue weighted by Gasteiger charge is 2.55. The number of piperazine rings is 1. The molecule has 10 nitrogen and oxygen atoms in total. The smallest absolute Gasteiger partial charge is 0.402 e. The average Bonchev–Trinajstić information content (AvgIpc) is 3.41.